The van der Waals surface area contributed by atoms with Gasteiger partial charge in [0.2, 0.25) is 5.91 Å². The Balaban J connectivity index is 1.62. The largest absolute Gasteiger partial charge is 0.462 e. The van der Waals surface area contributed by atoms with E-state index in [1.807, 2.05) is 13.0 Å². The first-order chi connectivity index (χ1) is 12.0. The molecule has 2 aromatic rings. The molecule has 1 amide bonds. The monoisotopic (exact) mass is 378 g/mol. The number of rotatable bonds is 5. The first-order valence-electron chi connectivity index (χ1n) is 8.37. The van der Waals surface area contributed by atoms with Crippen LogP contribution in [0.2, 0.25) is 0 Å². The second kappa shape index (κ2) is 7.68. The minimum atomic E-state index is -0.333. The molecule has 7 heteroatoms. The Kier molecular flexibility index (Phi) is 5.56. The fraction of sp³-hybridized carbons (Fsp3) is 0.444. The van der Waals surface area contributed by atoms with Crippen LogP contribution in [0, 0.1) is 6.92 Å². The van der Waals surface area contributed by atoms with Crippen LogP contribution in [0.1, 0.15) is 45.6 Å². The molecule has 2 aromatic heterocycles. The third-order valence-corrected chi connectivity index (χ3v) is 6.52. The van der Waals surface area contributed by atoms with Gasteiger partial charge in [-0.25, -0.2) is 4.79 Å². The standard InChI is InChI=1S/C18H22N2O3S2/c1-4-23-18(22)17-11(2)9-16(25-17)19-15(21)10-20-7-5-14-13(12(20)3)6-8-24-14/h6,8-9,12H,4-5,7,10H2,1-3H3,(H,19,21)/t12-/m1/s1. The molecule has 0 saturated carbocycles. The van der Waals surface area contributed by atoms with Crippen molar-refractivity contribution in [1.29, 1.82) is 0 Å². The van der Waals surface area contributed by atoms with Crippen LogP contribution in [-0.4, -0.2) is 36.5 Å². The lowest BCUT2D eigenvalue weighted by molar-refractivity contribution is -0.117. The van der Waals surface area contributed by atoms with E-state index in [0.717, 1.165) is 18.5 Å². The minimum Gasteiger partial charge on any atom is -0.462 e. The van der Waals surface area contributed by atoms with Crippen LogP contribution < -0.4 is 5.32 Å². The van der Waals surface area contributed by atoms with Gasteiger partial charge in [0, 0.05) is 17.5 Å². The van der Waals surface area contributed by atoms with Crippen molar-refractivity contribution >= 4 is 39.6 Å². The maximum Gasteiger partial charge on any atom is 0.348 e. The highest BCUT2D eigenvalue weighted by Crippen LogP contribution is 2.33. The van der Waals surface area contributed by atoms with Crippen molar-refractivity contribution in [3.8, 4) is 0 Å². The third kappa shape index (κ3) is 3.94. The quantitative estimate of drug-likeness (QED) is 0.803. The molecule has 25 heavy (non-hydrogen) atoms. The Morgan fingerprint density at radius 2 is 2.24 bits per heavy atom. The third-order valence-electron chi connectivity index (χ3n) is 4.39. The number of carbonyl (C=O) groups is 2. The molecule has 0 saturated heterocycles. The summed E-state index contributed by atoms with van der Waals surface area (Å²) in [6, 6.07) is 4.23. The first-order valence-corrected chi connectivity index (χ1v) is 10.1. The molecular formula is C18H22N2O3S2. The Bertz CT molecular complexity index is 781. The number of fused-ring (bicyclic) bond motifs is 1. The van der Waals surface area contributed by atoms with E-state index in [1.165, 1.54) is 21.8 Å². The zero-order valence-electron chi connectivity index (χ0n) is 14.6. The summed E-state index contributed by atoms with van der Waals surface area (Å²) in [6.45, 7) is 7.36. The molecule has 3 heterocycles. The van der Waals surface area contributed by atoms with Crippen molar-refractivity contribution in [3.63, 3.8) is 0 Å². The van der Waals surface area contributed by atoms with Crippen molar-refractivity contribution in [2.45, 2.75) is 33.2 Å². The molecule has 0 bridgehead atoms. The highest BCUT2D eigenvalue weighted by Gasteiger charge is 2.26. The maximum atomic E-state index is 12.4. The fourth-order valence-electron chi connectivity index (χ4n) is 3.08. The number of amides is 1. The van der Waals surface area contributed by atoms with Gasteiger partial charge in [-0.1, -0.05) is 0 Å². The number of anilines is 1. The Morgan fingerprint density at radius 3 is 3.00 bits per heavy atom. The van der Waals surface area contributed by atoms with Crippen LogP contribution in [0.15, 0.2) is 17.5 Å². The molecule has 0 aliphatic carbocycles. The average molecular weight is 379 g/mol. The highest BCUT2D eigenvalue weighted by molar-refractivity contribution is 7.18. The molecule has 134 valence electrons. The van der Waals surface area contributed by atoms with E-state index in [4.69, 9.17) is 4.74 Å². The molecule has 0 fully saturated rings. The topological polar surface area (TPSA) is 58.6 Å². The second-order valence-electron chi connectivity index (χ2n) is 6.09. The average Bonchev–Trinajstić information content (AvgIpc) is 3.17. The Labute approximate surface area is 155 Å². The first kappa shape index (κ1) is 18.1. The van der Waals surface area contributed by atoms with Gasteiger partial charge < -0.3 is 10.1 Å². The van der Waals surface area contributed by atoms with E-state index in [0.29, 0.717) is 23.0 Å². The number of esters is 1. The Morgan fingerprint density at radius 1 is 1.44 bits per heavy atom. The second-order valence-corrected chi connectivity index (χ2v) is 8.14. The Hall–Kier alpha value is -1.70. The highest BCUT2D eigenvalue weighted by atomic mass is 32.1. The van der Waals surface area contributed by atoms with Crippen molar-refractivity contribution in [2.24, 2.45) is 0 Å². The number of thiophene rings is 2. The van der Waals surface area contributed by atoms with Gasteiger partial charge in [-0.05, 0) is 55.8 Å². The SMILES string of the molecule is CCOC(=O)c1sc(NC(=O)CN2CCc3sccc3[C@H]2C)cc1C. The number of hydrogen-bond acceptors (Lipinski definition) is 6. The number of nitrogens with one attached hydrogen (secondary N) is 1. The van der Waals surface area contributed by atoms with Gasteiger partial charge in [0.1, 0.15) is 4.88 Å². The van der Waals surface area contributed by atoms with Gasteiger partial charge in [0.15, 0.2) is 0 Å². The summed E-state index contributed by atoms with van der Waals surface area (Å²) in [6.07, 6.45) is 0.996. The zero-order valence-corrected chi connectivity index (χ0v) is 16.3. The van der Waals surface area contributed by atoms with Gasteiger partial charge in [-0.2, -0.15) is 0 Å². The molecular weight excluding hydrogens is 356 g/mol. The van der Waals surface area contributed by atoms with E-state index < -0.39 is 0 Å². The van der Waals surface area contributed by atoms with Crippen LogP contribution in [0.5, 0.6) is 0 Å². The summed E-state index contributed by atoms with van der Waals surface area (Å²) >= 11 is 3.06. The van der Waals surface area contributed by atoms with E-state index >= 15 is 0 Å². The lowest BCUT2D eigenvalue weighted by atomic mass is 10.0. The van der Waals surface area contributed by atoms with Gasteiger partial charge in [0.25, 0.3) is 0 Å². The van der Waals surface area contributed by atoms with Gasteiger partial charge in [0.05, 0.1) is 18.2 Å². The summed E-state index contributed by atoms with van der Waals surface area (Å²) in [5, 5.41) is 5.73. The van der Waals surface area contributed by atoms with Crippen molar-refractivity contribution in [2.75, 3.05) is 25.0 Å². The summed E-state index contributed by atoms with van der Waals surface area (Å²) in [5.41, 5.74) is 2.16. The number of ether oxygens (including phenoxy) is 1. The zero-order chi connectivity index (χ0) is 18.0. The van der Waals surface area contributed by atoms with E-state index in [-0.39, 0.29) is 17.9 Å². The van der Waals surface area contributed by atoms with Crippen LogP contribution in [0.4, 0.5) is 5.00 Å². The van der Waals surface area contributed by atoms with Gasteiger partial charge in [-0.3, -0.25) is 9.69 Å². The van der Waals surface area contributed by atoms with Crippen LogP contribution in [-0.2, 0) is 16.0 Å². The molecule has 1 atom stereocenters. The summed E-state index contributed by atoms with van der Waals surface area (Å²) in [7, 11) is 0. The summed E-state index contributed by atoms with van der Waals surface area (Å²) in [4.78, 5) is 28.5. The number of hydrogen-bond donors (Lipinski definition) is 1. The lowest BCUT2D eigenvalue weighted by Gasteiger charge is -2.32. The minimum absolute atomic E-state index is 0.0535. The lowest BCUT2D eigenvalue weighted by Crippen LogP contribution is -2.39. The molecule has 0 radical (unpaired) electrons. The molecule has 0 unspecified atom stereocenters. The van der Waals surface area contributed by atoms with Crippen LogP contribution >= 0.6 is 22.7 Å². The summed E-state index contributed by atoms with van der Waals surface area (Å²) < 4.78 is 5.04. The summed E-state index contributed by atoms with van der Waals surface area (Å²) in [5.74, 6) is -0.387. The molecule has 1 N–H and O–H groups in total. The predicted molar refractivity (Wildman–Crippen MR) is 102 cm³/mol. The predicted octanol–water partition coefficient (Wildman–Crippen LogP) is 3.85. The molecule has 1 aliphatic heterocycles. The molecule has 1 aliphatic rings. The fourth-order valence-corrected chi connectivity index (χ4v) is 5.03. The van der Waals surface area contributed by atoms with Crippen LogP contribution in [0.3, 0.4) is 0 Å². The van der Waals surface area contributed by atoms with Crippen molar-refractivity contribution in [1.82, 2.24) is 4.90 Å². The molecule has 3 rings (SSSR count). The number of carbonyl (C=O) groups excluding carboxylic acids is 2. The van der Waals surface area contributed by atoms with Gasteiger partial charge in [-0.15, -0.1) is 22.7 Å². The van der Waals surface area contributed by atoms with Gasteiger partial charge >= 0.3 is 5.97 Å². The maximum absolute atomic E-state index is 12.4. The van der Waals surface area contributed by atoms with E-state index in [1.54, 1.807) is 18.3 Å². The normalized spacial score (nSPS) is 17.2. The number of nitrogens with zero attached hydrogens (tertiary/aromatic N) is 1. The van der Waals surface area contributed by atoms with E-state index in [9.17, 15) is 9.59 Å². The van der Waals surface area contributed by atoms with E-state index in [2.05, 4.69) is 28.6 Å². The molecule has 5 nitrogen and oxygen atoms in total. The number of aryl methyl sites for hydroxylation is 1. The molecule has 0 aromatic carbocycles. The van der Waals surface area contributed by atoms with Crippen molar-refractivity contribution < 1.29 is 14.3 Å². The van der Waals surface area contributed by atoms with Crippen molar-refractivity contribution in [3.05, 3.63) is 38.4 Å². The van der Waals surface area contributed by atoms with Crippen LogP contribution in [0.25, 0.3) is 0 Å². The smallest absolute Gasteiger partial charge is 0.348 e. The molecule has 0 spiro atoms.